The van der Waals surface area contributed by atoms with Gasteiger partial charge < -0.3 is 10.2 Å². The average molecular weight is 168 g/mol. The Balaban J connectivity index is 2.96. The summed E-state index contributed by atoms with van der Waals surface area (Å²) >= 11 is 0. The van der Waals surface area contributed by atoms with Crippen LogP contribution in [0.2, 0.25) is 0 Å². The van der Waals surface area contributed by atoms with Gasteiger partial charge in [-0.25, -0.2) is 0 Å². The Morgan fingerprint density at radius 2 is 2.00 bits per heavy atom. The second-order valence-electron chi connectivity index (χ2n) is 2.64. The largest absolute Gasteiger partial charge is 0.504 e. The first-order valence-electron chi connectivity index (χ1n) is 3.63. The summed E-state index contributed by atoms with van der Waals surface area (Å²) in [5.41, 5.74) is 3.36. The van der Waals surface area contributed by atoms with Crippen molar-refractivity contribution in [1.82, 2.24) is 5.43 Å². The van der Waals surface area contributed by atoms with Gasteiger partial charge in [-0.2, -0.15) is 0 Å². The van der Waals surface area contributed by atoms with E-state index in [9.17, 15) is 0 Å². The number of nitrogens with two attached hydrogens (primary N) is 1. The molecule has 0 spiro atoms. The van der Waals surface area contributed by atoms with E-state index >= 15 is 0 Å². The minimum absolute atomic E-state index is 0.0449. The van der Waals surface area contributed by atoms with Crippen LogP contribution in [0.15, 0.2) is 18.2 Å². The van der Waals surface area contributed by atoms with E-state index in [-0.39, 0.29) is 17.5 Å². The van der Waals surface area contributed by atoms with Gasteiger partial charge in [0.25, 0.3) is 0 Å². The van der Waals surface area contributed by atoms with E-state index in [0.29, 0.717) is 0 Å². The number of hydrazine groups is 1. The summed E-state index contributed by atoms with van der Waals surface area (Å²) in [7, 11) is 0. The van der Waals surface area contributed by atoms with Crippen LogP contribution in [0.1, 0.15) is 18.5 Å². The molecule has 4 heteroatoms. The zero-order valence-corrected chi connectivity index (χ0v) is 6.78. The predicted octanol–water partition coefficient (Wildman–Crippen LogP) is 0.622. The molecular formula is C8H12N2O2. The highest BCUT2D eigenvalue weighted by atomic mass is 16.3. The van der Waals surface area contributed by atoms with Crippen molar-refractivity contribution < 1.29 is 10.2 Å². The second kappa shape index (κ2) is 3.42. The summed E-state index contributed by atoms with van der Waals surface area (Å²) in [5.74, 6) is 4.95. The van der Waals surface area contributed by atoms with Crippen molar-refractivity contribution in [3.05, 3.63) is 23.8 Å². The van der Waals surface area contributed by atoms with Crippen molar-refractivity contribution in [2.75, 3.05) is 0 Å². The van der Waals surface area contributed by atoms with Crippen molar-refractivity contribution in [3.63, 3.8) is 0 Å². The summed E-state index contributed by atoms with van der Waals surface area (Å²) in [4.78, 5) is 0. The molecule has 1 aromatic carbocycles. The summed E-state index contributed by atoms with van der Waals surface area (Å²) in [5, 5.41) is 18.1. The number of rotatable bonds is 2. The van der Waals surface area contributed by atoms with Crippen LogP contribution >= 0.6 is 0 Å². The molecule has 0 bridgehead atoms. The number of nitrogens with one attached hydrogen (secondary N) is 1. The second-order valence-corrected chi connectivity index (χ2v) is 2.64. The first kappa shape index (κ1) is 8.83. The van der Waals surface area contributed by atoms with E-state index in [4.69, 9.17) is 16.1 Å². The van der Waals surface area contributed by atoms with Gasteiger partial charge in [0, 0.05) is 6.04 Å². The Kier molecular flexibility index (Phi) is 2.52. The molecular weight excluding hydrogens is 156 g/mol. The topological polar surface area (TPSA) is 78.5 Å². The molecule has 0 saturated carbocycles. The maximum Gasteiger partial charge on any atom is 0.157 e. The highest BCUT2D eigenvalue weighted by Crippen LogP contribution is 2.27. The standard InChI is InChI=1S/C8H12N2O2/c1-5(10-9)6-2-3-7(11)8(12)4-6/h2-5,10-12H,9H2,1H3/t5-/m1/s1. The fraction of sp³-hybridized carbons (Fsp3) is 0.250. The highest BCUT2D eigenvalue weighted by Gasteiger charge is 2.05. The Morgan fingerprint density at radius 3 is 2.50 bits per heavy atom. The lowest BCUT2D eigenvalue weighted by atomic mass is 10.1. The molecule has 0 unspecified atom stereocenters. The van der Waals surface area contributed by atoms with Crippen LogP contribution in [0.5, 0.6) is 11.5 Å². The molecule has 4 nitrogen and oxygen atoms in total. The molecule has 0 aliphatic carbocycles. The number of hydrogen-bond donors (Lipinski definition) is 4. The molecule has 66 valence electrons. The fourth-order valence-electron chi connectivity index (χ4n) is 0.906. The normalized spacial score (nSPS) is 12.8. The predicted molar refractivity (Wildman–Crippen MR) is 45.5 cm³/mol. The van der Waals surface area contributed by atoms with Crippen LogP contribution in [0.4, 0.5) is 0 Å². The molecule has 5 N–H and O–H groups in total. The number of hydrogen-bond acceptors (Lipinski definition) is 4. The van der Waals surface area contributed by atoms with Gasteiger partial charge in [0.2, 0.25) is 0 Å². The Morgan fingerprint density at radius 1 is 1.33 bits per heavy atom. The monoisotopic (exact) mass is 168 g/mol. The summed E-state index contributed by atoms with van der Waals surface area (Å²) in [6.07, 6.45) is 0. The molecule has 1 rings (SSSR count). The number of phenols is 2. The zero-order valence-electron chi connectivity index (χ0n) is 6.78. The van der Waals surface area contributed by atoms with Crippen LogP contribution < -0.4 is 11.3 Å². The fourth-order valence-corrected chi connectivity index (χ4v) is 0.906. The van der Waals surface area contributed by atoms with Gasteiger partial charge in [-0.15, -0.1) is 0 Å². The van der Waals surface area contributed by atoms with Crippen LogP contribution in [-0.2, 0) is 0 Å². The number of aromatic hydroxyl groups is 2. The molecule has 0 aromatic heterocycles. The number of phenolic OH excluding ortho intramolecular Hbond substituents is 2. The highest BCUT2D eigenvalue weighted by molar-refractivity contribution is 5.41. The summed E-state index contributed by atoms with van der Waals surface area (Å²) < 4.78 is 0. The Hall–Kier alpha value is -1.26. The maximum atomic E-state index is 9.13. The third-order valence-electron chi connectivity index (χ3n) is 1.75. The van der Waals surface area contributed by atoms with E-state index in [1.54, 1.807) is 6.07 Å². The molecule has 0 heterocycles. The number of benzene rings is 1. The average Bonchev–Trinajstić information content (AvgIpc) is 2.08. The minimum atomic E-state index is -0.130. The molecule has 0 fully saturated rings. The molecule has 0 radical (unpaired) electrons. The van der Waals surface area contributed by atoms with E-state index in [1.165, 1.54) is 12.1 Å². The van der Waals surface area contributed by atoms with Gasteiger partial charge in [-0.1, -0.05) is 6.07 Å². The first-order chi connectivity index (χ1) is 5.65. The van der Waals surface area contributed by atoms with E-state index in [1.807, 2.05) is 6.92 Å². The third kappa shape index (κ3) is 1.66. The van der Waals surface area contributed by atoms with Crippen molar-refractivity contribution in [2.24, 2.45) is 5.84 Å². The lowest BCUT2D eigenvalue weighted by Gasteiger charge is -2.10. The lowest BCUT2D eigenvalue weighted by Crippen LogP contribution is -2.25. The van der Waals surface area contributed by atoms with Crippen molar-refractivity contribution in [2.45, 2.75) is 13.0 Å². The molecule has 0 aliphatic heterocycles. The molecule has 12 heavy (non-hydrogen) atoms. The minimum Gasteiger partial charge on any atom is -0.504 e. The molecule has 0 saturated heterocycles. The zero-order chi connectivity index (χ0) is 9.14. The van der Waals surface area contributed by atoms with E-state index in [0.717, 1.165) is 5.56 Å². The van der Waals surface area contributed by atoms with Gasteiger partial charge in [0.1, 0.15) is 0 Å². The Bertz CT molecular complexity index is 276. The van der Waals surface area contributed by atoms with Gasteiger partial charge in [-0.3, -0.25) is 11.3 Å². The van der Waals surface area contributed by atoms with Crippen LogP contribution in [0.3, 0.4) is 0 Å². The van der Waals surface area contributed by atoms with Crippen LogP contribution in [0, 0.1) is 0 Å². The van der Waals surface area contributed by atoms with Gasteiger partial charge in [0.15, 0.2) is 11.5 Å². The van der Waals surface area contributed by atoms with Crippen molar-refractivity contribution >= 4 is 0 Å². The first-order valence-corrected chi connectivity index (χ1v) is 3.63. The molecule has 0 aliphatic rings. The van der Waals surface area contributed by atoms with Crippen molar-refractivity contribution in [3.8, 4) is 11.5 Å². The SMILES string of the molecule is C[C@@H](NN)c1ccc(O)c(O)c1. The van der Waals surface area contributed by atoms with Gasteiger partial charge in [-0.05, 0) is 24.6 Å². The van der Waals surface area contributed by atoms with Gasteiger partial charge in [0.05, 0.1) is 0 Å². The quantitative estimate of drug-likeness (QED) is 0.296. The van der Waals surface area contributed by atoms with Gasteiger partial charge >= 0.3 is 0 Å². The summed E-state index contributed by atoms with van der Waals surface area (Å²) in [6, 6.07) is 4.55. The van der Waals surface area contributed by atoms with Crippen LogP contribution in [0.25, 0.3) is 0 Å². The third-order valence-corrected chi connectivity index (χ3v) is 1.75. The Labute approximate surface area is 70.6 Å². The molecule has 1 atom stereocenters. The summed E-state index contributed by atoms with van der Waals surface area (Å²) in [6.45, 7) is 1.85. The molecule has 1 aromatic rings. The van der Waals surface area contributed by atoms with Crippen molar-refractivity contribution in [1.29, 1.82) is 0 Å². The van der Waals surface area contributed by atoms with E-state index < -0.39 is 0 Å². The lowest BCUT2D eigenvalue weighted by molar-refractivity contribution is 0.402. The smallest absolute Gasteiger partial charge is 0.157 e. The maximum absolute atomic E-state index is 9.13. The van der Waals surface area contributed by atoms with E-state index in [2.05, 4.69) is 5.43 Å². The van der Waals surface area contributed by atoms with Crippen LogP contribution in [-0.4, -0.2) is 10.2 Å². The molecule has 0 amide bonds.